The van der Waals surface area contributed by atoms with E-state index in [0.29, 0.717) is 5.56 Å². The molecule has 1 fully saturated rings. The summed E-state index contributed by atoms with van der Waals surface area (Å²) in [6, 6.07) is 1.41. The number of nitrogens with one attached hydrogen (secondary N) is 1. The number of ketones is 2. The van der Waals surface area contributed by atoms with Crippen molar-refractivity contribution in [1.82, 2.24) is 4.90 Å². The molecule has 0 radical (unpaired) electrons. The highest BCUT2D eigenvalue weighted by molar-refractivity contribution is 6.24. The molecule has 0 bridgehead atoms. The number of likely N-dealkylation sites (N-methyl/N-ethyl adjacent to an activating group) is 1. The number of Topliss-reactive ketones (excluding diaryl/α,β-unsaturated/α-hetero) is 2. The average Bonchev–Trinajstić information content (AvgIpc) is 2.81. The van der Waals surface area contributed by atoms with Gasteiger partial charge >= 0.3 is 6.09 Å². The van der Waals surface area contributed by atoms with Crippen LogP contribution in [-0.2, 0) is 19.1 Å². The van der Waals surface area contributed by atoms with Gasteiger partial charge < -0.3 is 36.0 Å². The largest absolute Gasteiger partial charge is 0.508 e. The van der Waals surface area contributed by atoms with E-state index in [1.807, 2.05) is 0 Å². The lowest BCUT2D eigenvalue weighted by Gasteiger charge is -2.53. The third-order valence-electron chi connectivity index (χ3n) is 7.77. The molecule has 4 rings (SSSR count). The molecule has 1 aromatic carbocycles. The number of fused-ring (bicyclic) bond motifs is 3. The fourth-order valence-corrected chi connectivity index (χ4v) is 6.13. The van der Waals surface area contributed by atoms with Crippen LogP contribution in [0.15, 0.2) is 29.0 Å². The highest BCUT2D eigenvalue weighted by Crippen LogP contribution is 2.56. The van der Waals surface area contributed by atoms with Crippen molar-refractivity contribution < 1.29 is 49.4 Å². The summed E-state index contributed by atoms with van der Waals surface area (Å²) in [4.78, 5) is 52.9. The summed E-state index contributed by atoms with van der Waals surface area (Å²) in [6.45, 7) is 6.53. The second kappa shape index (κ2) is 9.32. The first kappa shape index (κ1) is 29.1. The second-order valence-electron chi connectivity index (χ2n) is 11.6. The summed E-state index contributed by atoms with van der Waals surface area (Å²) < 4.78 is 5.20. The number of aromatic hydroxyl groups is 1. The molecule has 0 saturated heterocycles. The number of nitrogens with two attached hydrogens (primary N) is 1. The number of anilines is 1. The molecule has 0 aliphatic heterocycles. The Hall–Kier alpha value is -3.94. The predicted octanol–water partition coefficient (Wildman–Crippen LogP) is 0.843. The fourth-order valence-electron chi connectivity index (χ4n) is 6.13. The minimum Gasteiger partial charge on any atom is -0.508 e. The van der Waals surface area contributed by atoms with Gasteiger partial charge in [0.05, 0.1) is 29.3 Å². The zero-order chi connectivity index (χ0) is 30.2. The SMILES string of the molecule is C[C@H]1c2ccc(NC(=O)OC(C)(C)C)c(O)c2C(O)=C2C(=O)[C@]3(O)C(O)=C(C(N)=O)C(=O)[C@@H](N(C)C)C3C(O)C21. The molecule has 13 heteroatoms. The molecular formula is C27H33N3O10. The minimum absolute atomic E-state index is 0.152. The molecule has 0 aromatic heterocycles. The van der Waals surface area contributed by atoms with Gasteiger partial charge in [-0.1, -0.05) is 13.0 Å². The number of primary amides is 1. The molecule has 1 aromatic rings. The highest BCUT2D eigenvalue weighted by atomic mass is 16.6. The number of hydrogen-bond acceptors (Lipinski definition) is 11. The molecule has 0 spiro atoms. The van der Waals surface area contributed by atoms with E-state index >= 15 is 0 Å². The summed E-state index contributed by atoms with van der Waals surface area (Å²) in [5.41, 5.74) is -0.162. The van der Waals surface area contributed by atoms with E-state index in [-0.39, 0.29) is 11.3 Å². The van der Waals surface area contributed by atoms with Gasteiger partial charge in [0, 0.05) is 11.5 Å². The van der Waals surface area contributed by atoms with Crippen LogP contribution < -0.4 is 11.1 Å². The molecule has 6 atom stereocenters. The molecule has 3 aliphatic carbocycles. The Morgan fingerprint density at radius 2 is 1.73 bits per heavy atom. The summed E-state index contributed by atoms with van der Waals surface area (Å²) in [5, 5.41) is 59.0. The Morgan fingerprint density at radius 1 is 1.12 bits per heavy atom. The van der Waals surface area contributed by atoms with Gasteiger partial charge in [-0.15, -0.1) is 0 Å². The number of rotatable bonds is 3. The first-order valence-corrected chi connectivity index (χ1v) is 12.5. The number of nitrogens with zero attached hydrogens (tertiary/aromatic N) is 1. The quantitative estimate of drug-likeness (QED) is 0.203. The lowest BCUT2D eigenvalue weighted by Crippen LogP contribution is -2.70. The van der Waals surface area contributed by atoms with Crippen molar-refractivity contribution in [1.29, 1.82) is 0 Å². The number of phenolic OH excluding ortho intramolecular Hbond substituents is 1. The Morgan fingerprint density at radius 3 is 2.25 bits per heavy atom. The van der Waals surface area contributed by atoms with Crippen molar-refractivity contribution >= 4 is 35.0 Å². The van der Waals surface area contributed by atoms with Crippen molar-refractivity contribution in [2.45, 2.75) is 57.0 Å². The Kier molecular flexibility index (Phi) is 6.77. The van der Waals surface area contributed by atoms with Gasteiger partial charge in [0.2, 0.25) is 5.78 Å². The van der Waals surface area contributed by atoms with Crippen LogP contribution in [0.4, 0.5) is 10.5 Å². The van der Waals surface area contributed by atoms with Gasteiger partial charge in [-0.25, -0.2) is 4.79 Å². The van der Waals surface area contributed by atoms with Gasteiger partial charge in [-0.2, -0.15) is 0 Å². The van der Waals surface area contributed by atoms with E-state index in [4.69, 9.17) is 10.5 Å². The number of hydrogen-bond donors (Lipinski definition) is 7. The summed E-state index contributed by atoms with van der Waals surface area (Å²) in [7, 11) is 2.86. The Labute approximate surface area is 229 Å². The maximum absolute atomic E-state index is 14.0. The van der Waals surface area contributed by atoms with Crippen LogP contribution in [0.2, 0.25) is 0 Å². The van der Waals surface area contributed by atoms with Crippen LogP contribution in [0.5, 0.6) is 5.75 Å². The molecule has 216 valence electrons. The summed E-state index contributed by atoms with van der Waals surface area (Å²) in [5.74, 6) is -9.99. The molecule has 1 saturated carbocycles. The molecular weight excluding hydrogens is 526 g/mol. The number of amides is 2. The van der Waals surface area contributed by atoms with Crippen LogP contribution in [-0.4, -0.2) is 91.4 Å². The lowest BCUT2D eigenvalue weighted by atomic mass is 9.54. The van der Waals surface area contributed by atoms with Crippen LogP contribution in [0, 0.1) is 11.8 Å². The standard InChI is InChI=1S/C27H33N3O10/c1-9-10-7-8-11(29-25(38)40-26(2,3)4)18(31)13(10)19(32)14-12(9)20(33)16-17(30(5)6)21(34)15(24(28)37)23(36)27(16,39)22(14)35/h7-9,12,16-17,20,31-33,36,39H,1-6H3,(H2,28,37)(H,29,38)/t9-,12?,16?,17-,20?,27-/m0/s1. The molecule has 2 amide bonds. The van der Waals surface area contributed by atoms with Crippen LogP contribution in [0.1, 0.15) is 44.7 Å². The summed E-state index contributed by atoms with van der Waals surface area (Å²) >= 11 is 0. The van der Waals surface area contributed by atoms with Gasteiger partial charge in [0.15, 0.2) is 11.4 Å². The average molecular weight is 560 g/mol. The first-order chi connectivity index (χ1) is 18.4. The highest BCUT2D eigenvalue weighted by Gasteiger charge is 2.68. The van der Waals surface area contributed by atoms with Crippen LogP contribution >= 0.6 is 0 Å². The first-order valence-electron chi connectivity index (χ1n) is 12.5. The van der Waals surface area contributed by atoms with Gasteiger partial charge in [0.1, 0.15) is 28.4 Å². The summed E-state index contributed by atoms with van der Waals surface area (Å²) in [6.07, 6.45) is -2.59. The van der Waals surface area contributed by atoms with E-state index in [9.17, 15) is 44.7 Å². The van der Waals surface area contributed by atoms with Crippen molar-refractivity contribution in [3.63, 3.8) is 0 Å². The van der Waals surface area contributed by atoms with Crippen molar-refractivity contribution in [3.05, 3.63) is 40.2 Å². The van der Waals surface area contributed by atoms with E-state index in [2.05, 4.69) is 5.32 Å². The zero-order valence-corrected chi connectivity index (χ0v) is 22.8. The molecule has 40 heavy (non-hydrogen) atoms. The number of phenols is 1. The van der Waals surface area contributed by atoms with E-state index in [1.165, 1.54) is 31.1 Å². The minimum atomic E-state index is -3.01. The van der Waals surface area contributed by atoms with Gasteiger partial charge in [-0.3, -0.25) is 24.6 Å². The number of carbonyl (C=O) groups excluding carboxylic acids is 4. The normalized spacial score (nSPS) is 30.1. The van der Waals surface area contributed by atoms with Gasteiger partial charge in [-0.05, 0) is 52.4 Å². The number of benzene rings is 1. The molecule has 0 heterocycles. The van der Waals surface area contributed by atoms with Crippen molar-refractivity contribution in [2.24, 2.45) is 17.6 Å². The zero-order valence-electron chi connectivity index (χ0n) is 22.8. The molecule has 13 nitrogen and oxygen atoms in total. The molecule has 3 aliphatic rings. The third-order valence-corrected chi connectivity index (χ3v) is 7.77. The fraction of sp³-hybridized carbons (Fsp3) is 0.481. The van der Waals surface area contributed by atoms with Crippen molar-refractivity contribution in [2.75, 3.05) is 19.4 Å². The van der Waals surface area contributed by atoms with Crippen molar-refractivity contribution in [3.8, 4) is 5.75 Å². The number of carbonyl (C=O) groups is 4. The Balaban J connectivity index is 1.93. The number of aliphatic hydroxyl groups excluding tert-OH is 3. The van der Waals surface area contributed by atoms with Crippen LogP contribution in [0.3, 0.4) is 0 Å². The maximum Gasteiger partial charge on any atom is 0.412 e. The topological polar surface area (TPSA) is 220 Å². The second-order valence-corrected chi connectivity index (χ2v) is 11.6. The van der Waals surface area contributed by atoms with E-state index in [1.54, 1.807) is 27.7 Å². The number of aliphatic hydroxyl groups is 4. The van der Waals surface area contributed by atoms with E-state index in [0.717, 1.165) is 0 Å². The molecule has 8 N–H and O–H groups in total. The Bertz CT molecular complexity index is 1410. The van der Waals surface area contributed by atoms with Gasteiger partial charge in [0.25, 0.3) is 5.91 Å². The number of ether oxygens (including phenoxy) is 1. The lowest BCUT2D eigenvalue weighted by molar-refractivity contribution is -0.169. The third kappa shape index (κ3) is 4.03. The maximum atomic E-state index is 14.0. The monoisotopic (exact) mass is 559 g/mol. The smallest absolute Gasteiger partial charge is 0.412 e. The molecule has 3 unspecified atom stereocenters. The predicted molar refractivity (Wildman–Crippen MR) is 140 cm³/mol. The van der Waals surface area contributed by atoms with Crippen LogP contribution in [0.25, 0.3) is 5.76 Å². The van der Waals surface area contributed by atoms with E-state index < -0.39 is 93.1 Å².